The van der Waals surface area contributed by atoms with E-state index in [1.165, 1.54) is 6.92 Å². The lowest BCUT2D eigenvalue weighted by Gasteiger charge is -2.26. The fourth-order valence-electron chi connectivity index (χ4n) is 3.04. The quantitative estimate of drug-likeness (QED) is 0.837. The van der Waals surface area contributed by atoms with Gasteiger partial charge in [-0.25, -0.2) is 4.79 Å². The van der Waals surface area contributed by atoms with Gasteiger partial charge < -0.3 is 19.5 Å². The van der Waals surface area contributed by atoms with E-state index in [2.05, 4.69) is 5.32 Å². The van der Waals surface area contributed by atoms with Crippen molar-refractivity contribution in [3.05, 3.63) is 53.1 Å². The van der Waals surface area contributed by atoms with E-state index >= 15 is 0 Å². The van der Waals surface area contributed by atoms with Crippen molar-refractivity contribution < 1.29 is 23.8 Å². The smallest absolute Gasteiger partial charge is 0.351 e. The summed E-state index contributed by atoms with van der Waals surface area (Å²) in [6.45, 7) is 7.43. The summed E-state index contributed by atoms with van der Waals surface area (Å²) < 4.78 is 16.4. The second-order valence-corrected chi connectivity index (χ2v) is 6.71. The number of anilines is 1. The van der Waals surface area contributed by atoms with E-state index < -0.39 is 24.1 Å². The predicted molar refractivity (Wildman–Crippen MR) is 101 cm³/mol. The topological polar surface area (TPSA) is 73.9 Å². The largest absolute Gasteiger partial charge is 0.485 e. The molecule has 2 aromatic carbocycles. The number of amides is 1. The third-order valence-corrected chi connectivity index (χ3v) is 4.36. The number of fused-ring (bicyclic) bond motifs is 1. The second kappa shape index (κ2) is 7.70. The predicted octanol–water partition coefficient (Wildman–Crippen LogP) is 3.32. The first-order chi connectivity index (χ1) is 12.8. The van der Waals surface area contributed by atoms with E-state index in [1.807, 2.05) is 39.0 Å². The Hall–Kier alpha value is -3.02. The highest BCUT2D eigenvalue weighted by Crippen LogP contribution is 2.31. The number of aryl methyl sites for hydroxylation is 3. The summed E-state index contributed by atoms with van der Waals surface area (Å²) in [5.41, 5.74) is 3.77. The van der Waals surface area contributed by atoms with Crippen molar-refractivity contribution in [2.45, 2.75) is 39.9 Å². The Labute approximate surface area is 158 Å². The molecule has 142 valence electrons. The molecule has 1 aliphatic heterocycles. The first kappa shape index (κ1) is 18.8. The van der Waals surface area contributed by atoms with Crippen LogP contribution in [-0.4, -0.2) is 30.7 Å². The molecule has 3 rings (SSSR count). The average Bonchev–Trinajstić information content (AvgIpc) is 2.63. The standard InChI is InChI=1S/C21H23NO5/c1-12-9-13(2)19(14(3)10-12)22-20(23)15(4)26-21(24)18-11-25-16-7-5-6-8-17(16)27-18/h5-10,15,18H,11H2,1-4H3,(H,22,23)/t15-,18+/m1/s1. The molecule has 1 aliphatic rings. The van der Waals surface area contributed by atoms with Crippen LogP contribution in [0, 0.1) is 20.8 Å². The number of benzene rings is 2. The molecular weight excluding hydrogens is 346 g/mol. The van der Waals surface area contributed by atoms with Gasteiger partial charge in [0.05, 0.1) is 0 Å². The molecule has 6 nitrogen and oxygen atoms in total. The van der Waals surface area contributed by atoms with E-state index in [9.17, 15) is 9.59 Å². The summed E-state index contributed by atoms with van der Waals surface area (Å²) in [7, 11) is 0. The van der Waals surface area contributed by atoms with Crippen molar-refractivity contribution in [1.29, 1.82) is 0 Å². The molecule has 6 heteroatoms. The fourth-order valence-corrected chi connectivity index (χ4v) is 3.04. The van der Waals surface area contributed by atoms with Gasteiger partial charge in [0.2, 0.25) is 6.10 Å². The van der Waals surface area contributed by atoms with Crippen LogP contribution in [0.15, 0.2) is 36.4 Å². The molecule has 2 aromatic rings. The van der Waals surface area contributed by atoms with E-state index in [1.54, 1.807) is 18.2 Å². The van der Waals surface area contributed by atoms with E-state index in [-0.39, 0.29) is 6.61 Å². The first-order valence-electron chi connectivity index (χ1n) is 8.83. The van der Waals surface area contributed by atoms with Crippen LogP contribution >= 0.6 is 0 Å². The molecule has 0 aliphatic carbocycles. The summed E-state index contributed by atoms with van der Waals surface area (Å²) in [4.78, 5) is 24.8. The van der Waals surface area contributed by atoms with Crippen LogP contribution in [0.4, 0.5) is 5.69 Å². The molecule has 0 bridgehead atoms. The number of hydrogen-bond donors (Lipinski definition) is 1. The Morgan fingerprint density at radius 1 is 1.11 bits per heavy atom. The third kappa shape index (κ3) is 4.22. The molecular formula is C21H23NO5. The van der Waals surface area contributed by atoms with Gasteiger partial charge in [-0.3, -0.25) is 4.79 Å². The zero-order chi connectivity index (χ0) is 19.6. The van der Waals surface area contributed by atoms with Crippen LogP contribution in [0.2, 0.25) is 0 Å². The number of esters is 1. The Kier molecular flexibility index (Phi) is 5.35. The van der Waals surface area contributed by atoms with Gasteiger partial charge in [-0.1, -0.05) is 29.8 Å². The highest BCUT2D eigenvalue weighted by Gasteiger charge is 2.31. The molecule has 0 radical (unpaired) electrons. The van der Waals surface area contributed by atoms with Gasteiger partial charge in [0.25, 0.3) is 5.91 Å². The Bertz CT molecular complexity index is 854. The maximum absolute atomic E-state index is 12.5. The van der Waals surface area contributed by atoms with E-state index in [4.69, 9.17) is 14.2 Å². The number of hydrogen-bond acceptors (Lipinski definition) is 5. The van der Waals surface area contributed by atoms with Crippen LogP contribution in [0.25, 0.3) is 0 Å². The summed E-state index contributed by atoms with van der Waals surface area (Å²) >= 11 is 0. The molecule has 0 saturated carbocycles. The van der Waals surface area contributed by atoms with Crippen molar-refractivity contribution >= 4 is 17.6 Å². The van der Waals surface area contributed by atoms with Crippen molar-refractivity contribution in [1.82, 2.24) is 0 Å². The van der Waals surface area contributed by atoms with Crippen molar-refractivity contribution in [2.24, 2.45) is 0 Å². The van der Waals surface area contributed by atoms with Crippen LogP contribution in [0.3, 0.4) is 0 Å². The van der Waals surface area contributed by atoms with Gasteiger partial charge >= 0.3 is 5.97 Å². The Balaban J connectivity index is 1.61. The molecule has 1 N–H and O–H groups in total. The highest BCUT2D eigenvalue weighted by atomic mass is 16.6. The van der Waals surface area contributed by atoms with Gasteiger partial charge in [0.15, 0.2) is 17.6 Å². The summed E-state index contributed by atoms with van der Waals surface area (Å²) in [5, 5.41) is 2.84. The number of para-hydroxylation sites is 2. The normalized spacial score (nSPS) is 16.4. The minimum absolute atomic E-state index is 0.0420. The second-order valence-electron chi connectivity index (χ2n) is 6.71. The van der Waals surface area contributed by atoms with Gasteiger partial charge in [0.1, 0.15) is 6.61 Å². The molecule has 0 spiro atoms. The Morgan fingerprint density at radius 3 is 2.41 bits per heavy atom. The van der Waals surface area contributed by atoms with Crippen LogP contribution < -0.4 is 14.8 Å². The molecule has 1 heterocycles. The fraction of sp³-hybridized carbons (Fsp3) is 0.333. The molecule has 0 aromatic heterocycles. The van der Waals surface area contributed by atoms with Crippen LogP contribution in [0.1, 0.15) is 23.6 Å². The summed E-state index contributed by atoms with van der Waals surface area (Å²) in [6, 6.07) is 11.1. The SMILES string of the molecule is Cc1cc(C)c(NC(=O)[C@@H](C)OC(=O)[C@@H]2COc3ccccc3O2)c(C)c1. The Morgan fingerprint density at radius 2 is 1.74 bits per heavy atom. The van der Waals surface area contributed by atoms with E-state index in [0.717, 1.165) is 22.4 Å². The van der Waals surface area contributed by atoms with Gasteiger partial charge in [-0.05, 0) is 51.0 Å². The lowest BCUT2D eigenvalue weighted by Crippen LogP contribution is -2.41. The molecule has 27 heavy (non-hydrogen) atoms. The molecule has 0 saturated heterocycles. The van der Waals surface area contributed by atoms with E-state index in [0.29, 0.717) is 11.5 Å². The van der Waals surface area contributed by atoms with Gasteiger partial charge in [-0.15, -0.1) is 0 Å². The summed E-state index contributed by atoms with van der Waals surface area (Å²) in [5.74, 6) is 0.0337. The highest BCUT2D eigenvalue weighted by molar-refractivity contribution is 5.96. The number of ether oxygens (including phenoxy) is 3. The number of carbonyl (C=O) groups excluding carboxylic acids is 2. The number of nitrogens with one attached hydrogen (secondary N) is 1. The molecule has 1 amide bonds. The maximum atomic E-state index is 12.5. The van der Waals surface area contributed by atoms with Crippen molar-refractivity contribution in [3.63, 3.8) is 0 Å². The lowest BCUT2D eigenvalue weighted by molar-refractivity contribution is -0.162. The lowest BCUT2D eigenvalue weighted by atomic mass is 10.0. The third-order valence-electron chi connectivity index (χ3n) is 4.36. The van der Waals surface area contributed by atoms with Crippen LogP contribution in [-0.2, 0) is 14.3 Å². The monoisotopic (exact) mass is 369 g/mol. The zero-order valence-corrected chi connectivity index (χ0v) is 15.9. The van der Waals surface area contributed by atoms with Crippen molar-refractivity contribution in [3.8, 4) is 11.5 Å². The number of carbonyl (C=O) groups is 2. The van der Waals surface area contributed by atoms with Gasteiger partial charge in [0, 0.05) is 5.69 Å². The number of rotatable bonds is 4. The molecule has 0 fully saturated rings. The summed E-state index contributed by atoms with van der Waals surface area (Å²) in [6.07, 6.45) is -1.86. The first-order valence-corrected chi connectivity index (χ1v) is 8.83. The average molecular weight is 369 g/mol. The maximum Gasteiger partial charge on any atom is 0.351 e. The molecule has 2 atom stereocenters. The van der Waals surface area contributed by atoms with Crippen LogP contribution in [0.5, 0.6) is 11.5 Å². The van der Waals surface area contributed by atoms with Gasteiger partial charge in [-0.2, -0.15) is 0 Å². The molecule has 0 unspecified atom stereocenters. The minimum Gasteiger partial charge on any atom is -0.485 e. The zero-order valence-electron chi connectivity index (χ0n) is 15.9. The van der Waals surface area contributed by atoms with Crippen molar-refractivity contribution in [2.75, 3.05) is 11.9 Å². The minimum atomic E-state index is -0.960.